The van der Waals surface area contributed by atoms with Gasteiger partial charge in [0.2, 0.25) is 0 Å². The van der Waals surface area contributed by atoms with Crippen molar-refractivity contribution >= 4 is 17.7 Å². The molecule has 1 aliphatic rings. The molecule has 0 radical (unpaired) electrons. The third-order valence-electron chi connectivity index (χ3n) is 3.05. The van der Waals surface area contributed by atoms with Gasteiger partial charge in [-0.1, -0.05) is 42.1 Å². The minimum Gasteiger partial charge on any atom is -0.481 e. The number of carboxylic acid groups (broad SMARTS) is 1. The van der Waals surface area contributed by atoms with Gasteiger partial charge in [-0.05, 0) is 35.2 Å². The second-order valence-corrected chi connectivity index (χ2v) is 5.48. The molecule has 3 heteroatoms. The Morgan fingerprint density at radius 2 is 1.89 bits per heavy atom. The zero-order valence-corrected chi connectivity index (χ0v) is 10.5. The lowest BCUT2D eigenvalue weighted by atomic mass is 10.0. The average molecular weight is 256 g/mol. The molecule has 0 spiro atoms. The van der Waals surface area contributed by atoms with Crippen LogP contribution < -0.4 is 0 Å². The average Bonchev–Trinajstić information content (AvgIpc) is 2.35. The molecule has 2 aromatic rings. The lowest BCUT2D eigenvalue weighted by Crippen LogP contribution is -2.04. The van der Waals surface area contributed by atoms with Crippen molar-refractivity contribution in [1.29, 1.82) is 0 Å². The number of rotatable bonds is 2. The van der Waals surface area contributed by atoms with Gasteiger partial charge in [-0.15, -0.1) is 0 Å². The van der Waals surface area contributed by atoms with Crippen molar-refractivity contribution in [3.8, 4) is 0 Å². The molecule has 0 saturated heterocycles. The van der Waals surface area contributed by atoms with Crippen LogP contribution in [0.3, 0.4) is 0 Å². The van der Waals surface area contributed by atoms with E-state index >= 15 is 0 Å². The fourth-order valence-corrected chi connectivity index (χ4v) is 3.28. The van der Waals surface area contributed by atoms with Crippen molar-refractivity contribution < 1.29 is 9.90 Å². The third-order valence-corrected chi connectivity index (χ3v) is 4.29. The molecule has 1 N–H and O–H groups in total. The highest BCUT2D eigenvalue weighted by molar-refractivity contribution is 7.99. The normalized spacial score (nSPS) is 12.7. The first-order valence-corrected chi connectivity index (χ1v) is 6.63. The van der Waals surface area contributed by atoms with Gasteiger partial charge in [0.1, 0.15) is 0 Å². The summed E-state index contributed by atoms with van der Waals surface area (Å²) < 4.78 is 0. The summed E-state index contributed by atoms with van der Waals surface area (Å²) in [7, 11) is 0. The number of carbonyl (C=O) groups is 1. The summed E-state index contributed by atoms with van der Waals surface area (Å²) in [5.74, 6) is -0.779. The second-order valence-electron chi connectivity index (χ2n) is 4.40. The molecule has 0 aliphatic carbocycles. The van der Waals surface area contributed by atoms with Gasteiger partial charge in [0, 0.05) is 9.79 Å². The quantitative estimate of drug-likeness (QED) is 0.764. The molecule has 18 heavy (non-hydrogen) atoms. The van der Waals surface area contributed by atoms with E-state index in [0.29, 0.717) is 0 Å². The maximum absolute atomic E-state index is 10.7. The van der Waals surface area contributed by atoms with E-state index in [1.165, 1.54) is 20.9 Å². The summed E-state index contributed by atoms with van der Waals surface area (Å²) in [6.45, 7) is 0. The number of benzene rings is 2. The molecule has 0 aromatic heterocycles. The standard InChI is InChI=1S/C15H12O2S/c16-15(17)8-10-5-6-14-12(7-10)9-11-3-1-2-4-13(11)18-14/h1-7H,8-9H2,(H,16,17). The summed E-state index contributed by atoms with van der Waals surface area (Å²) in [5.41, 5.74) is 3.43. The maximum Gasteiger partial charge on any atom is 0.307 e. The number of aliphatic carboxylic acids is 1. The monoisotopic (exact) mass is 256 g/mol. The van der Waals surface area contributed by atoms with Crippen LogP contribution in [0, 0.1) is 0 Å². The van der Waals surface area contributed by atoms with Crippen LogP contribution in [-0.4, -0.2) is 11.1 Å². The SMILES string of the molecule is O=C(O)Cc1ccc2c(c1)Cc1ccccc1S2. The van der Waals surface area contributed by atoms with Crippen LogP contribution in [0.5, 0.6) is 0 Å². The van der Waals surface area contributed by atoms with Gasteiger partial charge in [-0.25, -0.2) is 0 Å². The van der Waals surface area contributed by atoms with E-state index in [1.807, 2.05) is 24.3 Å². The molecule has 0 unspecified atom stereocenters. The third kappa shape index (κ3) is 2.14. The lowest BCUT2D eigenvalue weighted by molar-refractivity contribution is -0.136. The molecule has 0 saturated carbocycles. The lowest BCUT2D eigenvalue weighted by Gasteiger charge is -2.19. The first-order valence-electron chi connectivity index (χ1n) is 5.82. The van der Waals surface area contributed by atoms with E-state index in [4.69, 9.17) is 5.11 Å². The number of hydrogen-bond donors (Lipinski definition) is 1. The molecule has 3 rings (SSSR count). The Labute approximate surface area is 110 Å². The van der Waals surface area contributed by atoms with E-state index in [9.17, 15) is 4.79 Å². The Balaban J connectivity index is 1.96. The largest absolute Gasteiger partial charge is 0.481 e. The van der Waals surface area contributed by atoms with Gasteiger partial charge in [-0.2, -0.15) is 0 Å². The van der Waals surface area contributed by atoms with E-state index in [1.54, 1.807) is 11.8 Å². The molecule has 2 nitrogen and oxygen atoms in total. The summed E-state index contributed by atoms with van der Waals surface area (Å²) >= 11 is 1.76. The Bertz CT molecular complexity index is 620. The second kappa shape index (κ2) is 4.50. The van der Waals surface area contributed by atoms with Crippen molar-refractivity contribution in [1.82, 2.24) is 0 Å². The van der Waals surface area contributed by atoms with Crippen molar-refractivity contribution in [3.63, 3.8) is 0 Å². The van der Waals surface area contributed by atoms with Gasteiger partial charge >= 0.3 is 5.97 Å². The van der Waals surface area contributed by atoms with Gasteiger partial charge < -0.3 is 5.11 Å². The van der Waals surface area contributed by atoms with E-state index in [0.717, 1.165) is 12.0 Å². The van der Waals surface area contributed by atoms with Crippen LogP contribution in [-0.2, 0) is 17.6 Å². The molecule has 0 bridgehead atoms. The van der Waals surface area contributed by atoms with Gasteiger partial charge in [-0.3, -0.25) is 4.79 Å². The molecule has 1 aliphatic heterocycles. The fraction of sp³-hybridized carbons (Fsp3) is 0.133. The minimum atomic E-state index is -0.779. The minimum absolute atomic E-state index is 0.0968. The van der Waals surface area contributed by atoms with Crippen molar-refractivity contribution in [2.24, 2.45) is 0 Å². The maximum atomic E-state index is 10.7. The Kier molecular flexibility index (Phi) is 2.84. The van der Waals surface area contributed by atoms with E-state index < -0.39 is 5.97 Å². The Morgan fingerprint density at radius 3 is 2.72 bits per heavy atom. The van der Waals surface area contributed by atoms with Crippen LogP contribution in [0.15, 0.2) is 52.3 Å². The molecule has 0 amide bonds. The zero-order valence-electron chi connectivity index (χ0n) is 9.72. The van der Waals surface area contributed by atoms with Crippen LogP contribution in [0.25, 0.3) is 0 Å². The molecule has 1 heterocycles. The van der Waals surface area contributed by atoms with Crippen LogP contribution >= 0.6 is 11.8 Å². The van der Waals surface area contributed by atoms with Crippen LogP contribution in [0.4, 0.5) is 0 Å². The number of fused-ring (bicyclic) bond motifs is 2. The molecule has 0 atom stereocenters. The van der Waals surface area contributed by atoms with Crippen LogP contribution in [0.1, 0.15) is 16.7 Å². The first kappa shape index (κ1) is 11.4. The topological polar surface area (TPSA) is 37.3 Å². The molecule has 0 fully saturated rings. The highest BCUT2D eigenvalue weighted by Crippen LogP contribution is 2.39. The summed E-state index contributed by atoms with van der Waals surface area (Å²) in [6.07, 6.45) is 0.992. The molecular weight excluding hydrogens is 244 g/mol. The zero-order chi connectivity index (χ0) is 12.5. The Morgan fingerprint density at radius 1 is 1.11 bits per heavy atom. The smallest absolute Gasteiger partial charge is 0.307 e. The van der Waals surface area contributed by atoms with Crippen molar-refractivity contribution in [2.45, 2.75) is 22.6 Å². The van der Waals surface area contributed by atoms with Crippen molar-refractivity contribution in [3.05, 3.63) is 59.2 Å². The van der Waals surface area contributed by atoms with Gasteiger partial charge in [0.15, 0.2) is 0 Å². The molecule has 90 valence electrons. The van der Waals surface area contributed by atoms with Gasteiger partial charge in [0.05, 0.1) is 6.42 Å². The number of hydrogen-bond acceptors (Lipinski definition) is 2. The van der Waals surface area contributed by atoms with E-state index in [2.05, 4.69) is 18.2 Å². The molecular formula is C15H12O2S. The summed E-state index contributed by atoms with van der Waals surface area (Å²) in [6, 6.07) is 14.3. The van der Waals surface area contributed by atoms with Crippen molar-refractivity contribution in [2.75, 3.05) is 0 Å². The first-order chi connectivity index (χ1) is 8.72. The predicted molar refractivity (Wildman–Crippen MR) is 71.2 cm³/mol. The van der Waals surface area contributed by atoms with Crippen LogP contribution in [0.2, 0.25) is 0 Å². The highest BCUT2D eigenvalue weighted by atomic mass is 32.2. The Hall–Kier alpha value is -1.74. The molecule has 2 aromatic carbocycles. The predicted octanol–water partition coefficient (Wildman–Crippen LogP) is 3.37. The van der Waals surface area contributed by atoms with E-state index in [-0.39, 0.29) is 6.42 Å². The highest BCUT2D eigenvalue weighted by Gasteiger charge is 2.16. The fourth-order valence-electron chi connectivity index (χ4n) is 2.23. The summed E-state index contributed by atoms with van der Waals surface area (Å²) in [5, 5.41) is 8.82. The summed E-state index contributed by atoms with van der Waals surface area (Å²) in [4.78, 5) is 13.3. The van der Waals surface area contributed by atoms with Gasteiger partial charge in [0.25, 0.3) is 0 Å². The number of carboxylic acids is 1.